The van der Waals surface area contributed by atoms with E-state index in [2.05, 4.69) is 26.0 Å². The summed E-state index contributed by atoms with van der Waals surface area (Å²) in [6, 6.07) is 19.0. The summed E-state index contributed by atoms with van der Waals surface area (Å²) in [5.41, 5.74) is 5.57. The van der Waals surface area contributed by atoms with Gasteiger partial charge in [-0.15, -0.1) is 0 Å². The Morgan fingerprint density at radius 2 is 1.19 bits per heavy atom. The molecule has 0 saturated heterocycles. The van der Waals surface area contributed by atoms with Crippen LogP contribution in [0, 0.1) is 6.92 Å². The van der Waals surface area contributed by atoms with Gasteiger partial charge >= 0.3 is 11.9 Å². The van der Waals surface area contributed by atoms with Crippen LogP contribution in [-0.2, 0) is 12.8 Å². The van der Waals surface area contributed by atoms with Crippen LogP contribution in [0.3, 0.4) is 0 Å². The van der Waals surface area contributed by atoms with Crippen molar-refractivity contribution in [3.8, 4) is 0 Å². The maximum atomic E-state index is 12.0. The van der Waals surface area contributed by atoms with Gasteiger partial charge in [0.05, 0.1) is 11.1 Å². The molecule has 0 amide bonds. The third kappa shape index (κ3) is 5.40. The molecule has 1 atom stereocenters. The van der Waals surface area contributed by atoms with Crippen LogP contribution in [0.15, 0.2) is 60.7 Å². The summed E-state index contributed by atoms with van der Waals surface area (Å²) in [4.78, 5) is 23.9. The lowest BCUT2D eigenvalue weighted by molar-refractivity contribution is 0.0679. The molecule has 4 nitrogen and oxygen atoms in total. The highest BCUT2D eigenvalue weighted by Crippen LogP contribution is 2.25. The Kier molecular flexibility index (Phi) is 6.91. The molecular weight excluding hydrogens is 388 g/mol. The molecule has 31 heavy (non-hydrogen) atoms. The van der Waals surface area contributed by atoms with Gasteiger partial charge in [0, 0.05) is 0 Å². The normalized spacial score (nSPS) is 11.8. The van der Waals surface area contributed by atoms with E-state index in [4.69, 9.17) is 0 Å². The molecule has 0 aromatic heterocycles. The van der Waals surface area contributed by atoms with Crippen LogP contribution in [-0.4, -0.2) is 22.2 Å². The Morgan fingerprint density at radius 3 is 1.58 bits per heavy atom. The van der Waals surface area contributed by atoms with Crippen molar-refractivity contribution in [1.29, 1.82) is 0 Å². The maximum absolute atomic E-state index is 12.0. The van der Waals surface area contributed by atoms with E-state index in [0.717, 1.165) is 23.1 Å². The van der Waals surface area contributed by atoms with Gasteiger partial charge in [-0.1, -0.05) is 67.9 Å². The first-order chi connectivity index (χ1) is 14.8. The molecule has 0 saturated carbocycles. The summed E-state index contributed by atoms with van der Waals surface area (Å²) < 4.78 is 0. The summed E-state index contributed by atoms with van der Waals surface area (Å²) in [7, 11) is 0. The largest absolute Gasteiger partial charge is 0.478 e. The fourth-order valence-electron chi connectivity index (χ4n) is 3.73. The van der Waals surface area contributed by atoms with Crippen LogP contribution in [0.4, 0.5) is 0 Å². The highest BCUT2D eigenvalue weighted by Gasteiger charge is 2.19. The maximum Gasteiger partial charge on any atom is 0.335 e. The van der Waals surface area contributed by atoms with Crippen molar-refractivity contribution in [3.05, 3.63) is 105 Å². The number of aromatic carboxylic acids is 2. The molecule has 0 bridgehead atoms. The molecule has 0 radical (unpaired) electrons. The van der Waals surface area contributed by atoms with Gasteiger partial charge in [0.15, 0.2) is 0 Å². The number of carboxylic acids is 2. The van der Waals surface area contributed by atoms with E-state index in [1.54, 1.807) is 0 Å². The van der Waals surface area contributed by atoms with E-state index < -0.39 is 11.9 Å². The summed E-state index contributed by atoms with van der Waals surface area (Å²) in [5.74, 6) is -1.64. The molecule has 0 aliphatic rings. The smallest absolute Gasteiger partial charge is 0.335 e. The Balaban J connectivity index is 1.98. The van der Waals surface area contributed by atoms with Crippen LogP contribution in [0.5, 0.6) is 0 Å². The molecule has 3 aromatic carbocycles. The second-order valence-corrected chi connectivity index (χ2v) is 8.17. The van der Waals surface area contributed by atoms with Crippen LogP contribution < -0.4 is 0 Å². The Hall–Kier alpha value is -3.40. The molecule has 4 heteroatoms. The van der Waals surface area contributed by atoms with Gasteiger partial charge in [0.1, 0.15) is 0 Å². The van der Waals surface area contributed by atoms with Gasteiger partial charge in [-0.2, -0.15) is 0 Å². The molecular formula is C27H28O4. The first-order valence-corrected chi connectivity index (χ1v) is 10.5. The quantitative estimate of drug-likeness (QED) is 0.466. The van der Waals surface area contributed by atoms with Crippen molar-refractivity contribution in [2.24, 2.45) is 0 Å². The fourth-order valence-corrected chi connectivity index (χ4v) is 3.73. The van der Waals surface area contributed by atoms with Gasteiger partial charge in [-0.25, -0.2) is 9.59 Å². The highest BCUT2D eigenvalue weighted by atomic mass is 16.4. The average Bonchev–Trinajstić information content (AvgIpc) is 2.75. The van der Waals surface area contributed by atoms with Gasteiger partial charge < -0.3 is 10.2 Å². The van der Waals surface area contributed by atoms with Gasteiger partial charge in [-0.05, 0) is 72.1 Å². The molecule has 0 spiro atoms. The van der Waals surface area contributed by atoms with Crippen LogP contribution in [0.1, 0.15) is 80.3 Å². The number of aryl methyl sites for hydroxylation is 1. The van der Waals surface area contributed by atoms with Crippen molar-refractivity contribution in [2.45, 2.75) is 46.0 Å². The number of rotatable bonds is 8. The van der Waals surface area contributed by atoms with Crippen molar-refractivity contribution >= 4 is 11.9 Å². The summed E-state index contributed by atoms with van der Waals surface area (Å²) >= 11 is 0. The lowest BCUT2D eigenvalue weighted by Gasteiger charge is -2.14. The molecule has 0 heterocycles. The first-order valence-electron chi connectivity index (χ1n) is 10.5. The predicted molar refractivity (Wildman–Crippen MR) is 122 cm³/mol. The highest BCUT2D eigenvalue weighted by molar-refractivity contribution is 5.95. The third-order valence-corrected chi connectivity index (χ3v) is 5.86. The topological polar surface area (TPSA) is 74.6 Å². The second kappa shape index (κ2) is 9.61. The molecule has 0 aliphatic carbocycles. The zero-order chi connectivity index (χ0) is 22.5. The van der Waals surface area contributed by atoms with Crippen molar-refractivity contribution < 1.29 is 19.8 Å². The van der Waals surface area contributed by atoms with Crippen LogP contribution in [0.25, 0.3) is 0 Å². The number of carbonyl (C=O) groups is 2. The third-order valence-electron chi connectivity index (χ3n) is 5.86. The predicted octanol–water partition coefficient (Wildman–Crippen LogP) is 6.09. The lowest BCUT2D eigenvalue weighted by atomic mass is 9.90. The van der Waals surface area contributed by atoms with Crippen molar-refractivity contribution in [3.63, 3.8) is 0 Å². The molecule has 3 aromatic rings. The van der Waals surface area contributed by atoms with Crippen molar-refractivity contribution in [2.75, 3.05) is 0 Å². The van der Waals surface area contributed by atoms with E-state index in [0.29, 0.717) is 29.9 Å². The Labute approximate surface area is 183 Å². The standard InChI is InChI=1S/C27H28O4/c1-4-18(3)21-11-9-20(10-12-21)14-23-16-24(26(28)29)22(15-25(23)27(30)31)13-19-7-5-17(2)6-8-19/h5-12,15-16,18H,4,13-14H2,1-3H3,(H,28,29)(H,30,31). The molecule has 2 N–H and O–H groups in total. The number of hydrogen-bond donors (Lipinski definition) is 2. The Morgan fingerprint density at radius 1 is 0.774 bits per heavy atom. The number of carboxylic acid groups (broad SMARTS) is 2. The number of hydrogen-bond acceptors (Lipinski definition) is 2. The molecule has 160 valence electrons. The number of benzene rings is 3. The second-order valence-electron chi connectivity index (χ2n) is 8.17. The minimum Gasteiger partial charge on any atom is -0.478 e. The van der Waals surface area contributed by atoms with Crippen LogP contribution in [0.2, 0.25) is 0 Å². The molecule has 1 unspecified atom stereocenters. The van der Waals surface area contributed by atoms with E-state index in [1.165, 1.54) is 17.7 Å². The van der Waals surface area contributed by atoms with Gasteiger partial charge in [0.2, 0.25) is 0 Å². The van der Waals surface area contributed by atoms with E-state index in [9.17, 15) is 19.8 Å². The molecule has 0 fully saturated rings. The van der Waals surface area contributed by atoms with E-state index >= 15 is 0 Å². The first kappa shape index (κ1) is 22.3. The summed E-state index contributed by atoms with van der Waals surface area (Å²) in [6.45, 7) is 6.30. The molecule has 3 rings (SSSR count). The minimum absolute atomic E-state index is 0.150. The summed E-state index contributed by atoms with van der Waals surface area (Å²) in [5, 5.41) is 19.6. The van der Waals surface area contributed by atoms with Gasteiger partial charge in [-0.3, -0.25) is 0 Å². The zero-order valence-corrected chi connectivity index (χ0v) is 18.2. The van der Waals surface area contributed by atoms with E-state index in [1.807, 2.05) is 43.3 Å². The lowest BCUT2D eigenvalue weighted by Crippen LogP contribution is -2.11. The van der Waals surface area contributed by atoms with Crippen molar-refractivity contribution in [1.82, 2.24) is 0 Å². The van der Waals surface area contributed by atoms with E-state index in [-0.39, 0.29) is 11.1 Å². The Bertz CT molecular complexity index is 1080. The van der Waals surface area contributed by atoms with Gasteiger partial charge in [0.25, 0.3) is 0 Å². The molecule has 0 aliphatic heterocycles. The summed E-state index contributed by atoms with van der Waals surface area (Å²) in [6.07, 6.45) is 1.78. The fraction of sp³-hybridized carbons (Fsp3) is 0.259. The zero-order valence-electron chi connectivity index (χ0n) is 18.2. The van der Waals surface area contributed by atoms with Crippen LogP contribution >= 0.6 is 0 Å². The average molecular weight is 417 g/mol. The minimum atomic E-state index is -1.05. The monoisotopic (exact) mass is 416 g/mol. The SMILES string of the molecule is CCC(C)c1ccc(Cc2cc(C(=O)O)c(Cc3ccc(C)cc3)cc2C(=O)O)cc1.